The van der Waals surface area contributed by atoms with Gasteiger partial charge >= 0.3 is 0 Å². The van der Waals surface area contributed by atoms with E-state index in [0.29, 0.717) is 17.9 Å². The van der Waals surface area contributed by atoms with Gasteiger partial charge in [0.1, 0.15) is 12.4 Å². The molecule has 0 aliphatic heterocycles. The van der Waals surface area contributed by atoms with Gasteiger partial charge in [0, 0.05) is 10.2 Å². The van der Waals surface area contributed by atoms with E-state index >= 15 is 0 Å². The molecule has 0 saturated heterocycles. The summed E-state index contributed by atoms with van der Waals surface area (Å²) in [6.45, 7) is 0.398. The van der Waals surface area contributed by atoms with Crippen molar-refractivity contribution in [1.82, 2.24) is 0 Å². The highest BCUT2D eigenvalue weighted by molar-refractivity contribution is 9.10. The molecule has 0 saturated carbocycles. The van der Waals surface area contributed by atoms with Gasteiger partial charge in [0.2, 0.25) is 0 Å². The molecule has 0 aliphatic rings. The molecular weight excluding hydrogens is 366 g/mol. The second kappa shape index (κ2) is 7.79. The SMILES string of the molecule is O=C(Nc1ccccc1)c1ccccc1OCc1cccc(Br)c1. The number of rotatable bonds is 5. The summed E-state index contributed by atoms with van der Waals surface area (Å²) >= 11 is 3.44. The van der Waals surface area contributed by atoms with Crippen molar-refractivity contribution >= 4 is 27.5 Å². The number of benzene rings is 3. The highest BCUT2D eigenvalue weighted by Gasteiger charge is 2.12. The third-order valence-corrected chi connectivity index (χ3v) is 3.94. The summed E-state index contributed by atoms with van der Waals surface area (Å²) < 4.78 is 6.85. The molecule has 3 aromatic carbocycles. The van der Waals surface area contributed by atoms with Crippen molar-refractivity contribution in [2.45, 2.75) is 6.61 Å². The number of hydrogen-bond acceptors (Lipinski definition) is 2. The van der Waals surface area contributed by atoms with Crippen LogP contribution < -0.4 is 10.1 Å². The van der Waals surface area contributed by atoms with Gasteiger partial charge in [-0.05, 0) is 42.0 Å². The van der Waals surface area contributed by atoms with Crippen molar-refractivity contribution in [3.63, 3.8) is 0 Å². The second-order valence-corrected chi connectivity index (χ2v) is 6.15. The van der Waals surface area contributed by atoms with Gasteiger partial charge in [-0.3, -0.25) is 4.79 Å². The minimum Gasteiger partial charge on any atom is -0.488 e. The van der Waals surface area contributed by atoms with Crippen LogP contribution in [-0.4, -0.2) is 5.91 Å². The van der Waals surface area contributed by atoms with Crippen LogP contribution in [0.2, 0.25) is 0 Å². The molecule has 0 fully saturated rings. The standard InChI is InChI=1S/C20H16BrNO2/c21-16-8-6-7-15(13-16)14-24-19-12-5-4-11-18(19)20(23)22-17-9-2-1-3-10-17/h1-13H,14H2,(H,22,23). The Morgan fingerprint density at radius 2 is 1.67 bits per heavy atom. The fraction of sp³-hybridized carbons (Fsp3) is 0.0500. The first-order valence-electron chi connectivity index (χ1n) is 7.55. The van der Waals surface area contributed by atoms with Crippen molar-refractivity contribution in [2.24, 2.45) is 0 Å². The van der Waals surface area contributed by atoms with Crippen LogP contribution in [0.4, 0.5) is 5.69 Å². The highest BCUT2D eigenvalue weighted by atomic mass is 79.9. The molecule has 3 aromatic rings. The normalized spacial score (nSPS) is 10.2. The summed E-state index contributed by atoms with van der Waals surface area (Å²) in [7, 11) is 0. The first-order valence-corrected chi connectivity index (χ1v) is 8.34. The Balaban J connectivity index is 1.74. The highest BCUT2D eigenvalue weighted by Crippen LogP contribution is 2.21. The average Bonchev–Trinajstić information content (AvgIpc) is 2.61. The molecule has 0 radical (unpaired) electrons. The van der Waals surface area contributed by atoms with Gasteiger partial charge in [-0.25, -0.2) is 0 Å². The van der Waals surface area contributed by atoms with E-state index in [1.54, 1.807) is 12.1 Å². The maximum Gasteiger partial charge on any atom is 0.259 e. The Morgan fingerprint density at radius 3 is 2.46 bits per heavy atom. The molecule has 1 amide bonds. The van der Waals surface area contributed by atoms with Crippen molar-refractivity contribution in [3.05, 3.63) is 94.5 Å². The van der Waals surface area contributed by atoms with Gasteiger partial charge in [0.05, 0.1) is 5.56 Å². The number of ether oxygens (including phenoxy) is 1. The first kappa shape index (κ1) is 16.3. The molecular formula is C20H16BrNO2. The fourth-order valence-electron chi connectivity index (χ4n) is 2.29. The third-order valence-electron chi connectivity index (χ3n) is 3.45. The smallest absolute Gasteiger partial charge is 0.259 e. The molecule has 3 nitrogen and oxygen atoms in total. The summed E-state index contributed by atoms with van der Waals surface area (Å²) in [6, 6.07) is 24.5. The summed E-state index contributed by atoms with van der Waals surface area (Å²) in [5, 5.41) is 2.88. The zero-order valence-corrected chi connectivity index (χ0v) is 14.5. The van der Waals surface area contributed by atoms with Crippen LogP contribution >= 0.6 is 15.9 Å². The van der Waals surface area contributed by atoms with Crippen LogP contribution in [0.3, 0.4) is 0 Å². The van der Waals surface area contributed by atoms with Crippen LogP contribution in [0.25, 0.3) is 0 Å². The first-order chi connectivity index (χ1) is 11.7. The van der Waals surface area contributed by atoms with Crippen molar-refractivity contribution in [2.75, 3.05) is 5.32 Å². The molecule has 0 heterocycles. The monoisotopic (exact) mass is 381 g/mol. The minimum absolute atomic E-state index is 0.189. The average molecular weight is 382 g/mol. The Morgan fingerprint density at radius 1 is 0.917 bits per heavy atom. The van der Waals surface area contributed by atoms with Crippen molar-refractivity contribution in [1.29, 1.82) is 0 Å². The van der Waals surface area contributed by atoms with E-state index in [1.807, 2.05) is 66.7 Å². The maximum absolute atomic E-state index is 12.5. The Hall–Kier alpha value is -2.59. The summed E-state index contributed by atoms with van der Waals surface area (Å²) in [5.41, 5.74) is 2.29. The number of nitrogens with one attached hydrogen (secondary N) is 1. The van der Waals surface area contributed by atoms with E-state index in [1.165, 1.54) is 0 Å². The van der Waals surface area contributed by atoms with Gasteiger partial charge in [-0.15, -0.1) is 0 Å². The second-order valence-electron chi connectivity index (χ2n) is 5.23. The lowest BCUT2D eigenvalue weighted by molar-refractivity contribution is 0.102. The van der Waals surface area contributed by atoms with Crippen LogP contribution in [0.5, 0.6) is 5.75 Å². The third kappa shape index (κ3) is 4.24. The zero-order valence-electron chi connectivity index (χ0n) is 12.9. The summed E-state index contributed by atoms with van der Waals surface area (Å²) in [4.78, 5) is 12.5. The predicted octanol–water partition coefficient (Wildman–Crippen LogP) is 5.28. The van der Waals surface area contributed by atoms with Crippen molar-refractivity contribution in [3.8, 4) is 5.75 Å². The van der Waals surface area contributed by atoms with E-state index in [2.05, 4.69) is 21.2 Å². The molecule has 1 N–H and O–H groups in total. The van der Waals surface area contributed by atoms with Gasteiger partial charge in [0.25, 0.3) is 5.91 Å². The number of para-hydroxylation sites is 2. The predicted molar refractivity (Wildman–Crippen MR) is 99.3 cm³/mol. The summed E-state index contributed by atoms with van der Waals surface area (Å²) in [6.07, 6.45) is 0. The molecule has 0 atom stereocenters. The Labute approximate surface area is 149 Å². The Kier molecular flexibility index (Phi) is 5.29. The van der Waals surface area contributed by atoms with Crippen LogP contribution in [0, 0.1) is 0 Å². The maximum atomic E-state index is 12.5. The number of anilines is 1. The van der Waals surface area contributed by atoms with Gasteiger partial charge in [-0.1, -0.05) is 58.4 Å². The fourth-order valence-corrected chi connectivity index (χ4v) is 2.73. The molecule has 120 valence electrons. The van der Waals surface area contributed by atoms with Crippen LogP contribution in [-0.2, 0) is 6.61 Å². The largest absolute Gasteiger partial charge is 0.488 e. The molecule has 0 unspecified atom stereocenters. The van der Waals surface area contributed by atoms with E-state index in [4.69, 9.17) is 4.74 Å². The molecule has 4 heteroatoms. The Bertz CT molecular complexity index is 834. The van der Waals surface area contributed by atoms with Gasteiger partial charge in [0.15, 0.2) is 0 Å². The van der Waals surface area contributed by atoms with E-state index in [0.717, 1.165) is 15.7 Å². The van der Waals surface area contributed by atoms with Crippen molar-refractivity contribution < 1.29 is 9.53 Å². The summed E-state index contributed by atoms with van der Waals surface area (Å²) in [5.74, 6) is 0.372. The molecule has 24 heavy (non-hydrogen) atoms. The van der Waals surface area contributed by atoms with E-state index in [9.17, 15) is 4.79 Å². The number of carbonyl (C=O) groups excluding carboxylic acids is 1. The number of carbonyl (C=O) groups is 1. The minimum atomic E-state index is -0.189. The van der Waals surface area contributed by atoms with Gasteiger partial charge in [-0.2, -0.15) is 0 Å². The van der Waals surface area contributed by atoms with E-state index < -0.39 is 0 Å². The lowest BCUT2D eigenvalue weighted by Gasteiger charge is -2.12. The molecule has 0 spiro atoms. The molecule has 3 rings (SSSR count). The van der Waals surface area contributed by atoms with E-state index in [-0.39, 0.29) is 5.91 Å². The zero-order chi connectivity index (χ0) is 16.8. The number of hydrogen-bond donors (Lipinski definition) is 1. The topological polar surface area (TPSA) is 38.3 Å². The molecule has 0 bridgehead atoms. The number of halogens is 1. The van der Waals surface area contributed by atoms with Crippen LogP contribution in [0.15, 0.2) is 83.3 Å². The lowest BCUT2D eigenvalue weighted by Crippen LogP contribution is -2.13. The van der Waals surface area contributed by atoms with Gasteiger partial charge < -0.3 is 10.1 Å². The molecule has 0 aromatic heterocycles. The quantitative estimate of drug-likeness (QED) is 0.652. The van der Waals surface area contributed by atoms with Crippen LogP contribution in [0.1, 0.15) is 15.9 Å². The molecule has 0 aliphatic carbocycles. The number of amides is 1. The lowest BCUT2D eigenvalue weighted by atomic mass is 10.1.